The SMILES string of the molecule is Cc1cccc(C(=O)N2CCC[C@H]2C(=O)N2CCOCC2)c1. The number of benzene rings is 1. The Labute approximate surface area is 130 Å². The second-order valence-electron chi connectivity index (χ2n) is 5.96. The third-order valence-electron chi connectivity index (χ3n) is 4.39. The van der Waals surface area contributed by atoms with Gasteiger partial charge >= 0.3 is 0 Å². The maximum absolute atomic E-state index is 12.7. The normalized spacial score (nSPS) is 22.0. The number of aryl methyl sites for hydroxylation is 1. The van der Waals surface area contributed by atoms with Crippen molar-refractivity contribution >= 4 is 11.8 Å². The molecular formula is C17H22N2O3. The van der Waals surface area contributed by atoms with Gasteiger partial charge in [-0.1, -0.05) is 17.7 Å². The maximum Gasteiger partial charge on any atom is 0.254 e. The molecule has 2 aliphatic rings. The number of nitrogens with zero attached hydrogens (tertiary/aromatic N) is 2. The van der Waals surface area contributed by atoms with Crippen molar-refractivity contribution in [3.63, 3.8) is 0 Å². The second-order valence-corrected chi connectivity index (χ2v) is 5.96. The predicted octanol–water partition coefficient (Wildman–Crippen LogP) is 1.46. The molecule has 1 aromatic carbocycles. The van der Waals surface area contributed by atoms with E-state index in [-0.39, 0.29) is 17.9 Å². The molecule has 0 N–H and O–H groups in total. The molecule has 2 aliphatic heterocycles. The molecular weight excluding hydrogens is 280 g/mol. The summed E-state index contributed by atoms with van der Waals surface area (Å²) >= 11 is 0. The largest absolute Gasteiger partial charge is 0.378 e. The van der Waals surface area contributed by atoms with Crippen molar-refractivity contribution in [1.29, 1.82) is 0 Å². The smallest absolute Gasteiger partial charge is 0.254 e. The average molecular weight is 302 g/mol. The van der Waals surface area contributed by atoms with Crippen LogP contribution in [0.4, 0.5) is 0 Å². The Hall–Kier alpha value is -1.88. The first-order valence-corrected chi connectivity index (χ1v) is 7.91. The topological polar surface area (TPSA) is 49.9 Å². The zero-order chi connectivity index (χ0) is 15.5. The fourth-order valence-electron chi connectivity index (χ4n) is 3.20. The van der Waals surface area contributed by atoms with Gasteiger partial charge in [0.25, 0.3) is 5.91 Å². The third-order valence-corrected chi connectivity index (χ3v) is 4.39. The summed E-state index contributed by atoms with van der Waals surface area (Å²) in [6.07, 6.45) is 1.64. The second kappa shape index (κ2) is 6.48. The summed E-state index contributed by atoms with van der Waals surface area (Å²) in [4.78, 5) is 29.0. The molecule has 0 spiro atoms. The van der Waals surface area contributed by atoms with Crippen molar-refractivity contribution < 1.29 is 14.3 Å². The quantitative estimate of drug-likeness (QED) is 0.831. The highest BCUT2D eigenvalue weighted by Gasteiger charge is 2.37. The van der Waals surface area contributed by atoms with Crippen LogP contribution in [0.1, 0.15) is 28.8 Å². The Balaban J connectivity index is 1.75. The van der Waals surface area contributed by atoms with Crippen molar-refractivity contribution in [3.05, 3.63) is 35.4 Å². The Kier molecular flexibility index (Phi) is 4.43. The summed E-state index contributed by atoms with van der Waals surface area (Å²) in [5.41, 5.74) is 1.72. The van der Waals surface area contributed by atoms with Crippen molar-refractivity contribution in [2.24, 2.45) is 0 Å². The van der Waals surface area contributed by atoms with E-state index in [2.05, 4.69) is 0 Å². The standard InChI is InChI=1S/C17H22N2O3/c1-13-4-2-5-14(12-13)16(20)19-7-3-6-15(19)17(21)18-8-10-22-11-9-18/h2,4-5,12,15H,3,6-11H2,1H3/t15-/m0/s1. The molecule has 5 nitrogen and oxygen atoms in total. The van der Waals surface area contributed by atoms with Gasteiger partial charge in [-0.25, -0.2) is 0 Å². The number of carbonyl (C=O) groups excluding carboxylic acids is 2. The van der Waals surface area contributed by atoms with Gasteiger partial charge in [-0.05, 0) is 31.9 Å². The monoisotopic (exact) mass is 302 g/mol. The number of morpholine rings is 1. The molecule has 2 fully saturated rings. The zero-order valence-corrected chi connectivity index (χ0v) is 13.0. The molecule has 1 atom stereocenters. The molecule has 0 radical (unpaired) electrons. The van der Waals surface area contributed by atoms with E-state index < -0.39 is 0 Å². The number of amides is 2. The number of carbonyl (C=O) groups is 2. The minimum atomic E-state index is -0.314. The van der Waals surface area contributed by atoms with Crippen LogP contribution in [0, 0.1) is 6.92 Å². The molecule has 0 aromatic heterocycles. The average Bonchev–Trinajstić information content (AvgIpc) is 3.04. The zero-order valence-electron chi connectivity index (χ0n) is 13.0. The van der Waals surface area contributed by atoms with E-state index in [9.17, 15) is 9.59 Å². The van der Waals surface area contributed by atoms with Crippen LogP contribution >= 0.6 is 0 Å². The van der Waals surface area contributed by atoms with E-state index in [0.717, 1.165) is 18.4 Å². The molecule has 0 saturated carbocycles. The summed E-state index contributed by atoms with van der Waals surface area (Å²) in [7, 11) is 0. The van der Waals surface area contributed by atoms with Crippen LogP contribution < -0.4 is 0 Å². The van der Waals surface area contributed by atoms with Crippen LogP contribution in [-0.2, 0) is 9.53 Å². The molecule has 5 heteroatoms. The van der Waals surface area contributed by atoms with E-state index in [1.807, 2.05) is 36.1 Å². The molecule has 0 aliphatic carbocycles. The van der Waals surface area contributed by atoms with Gasteiger partial charge in [-0.3, -0.25) is 9.59 Å². The van der Waals surface area contributed by atoms with Gasteiger partial charge in [0.2, 0.25) is 5.91 Å². The number of likely N-dealkylation sites (tertiary alicyclic amines) is 1. The van der Waals surface area contributed by atoms with Gasteiger partial charge in [0.15, 0.2) is 0 Å². The highest BCUT2D eigenvalue weighted by atomic mass is 16.5. The highest BCUT2D eigenvalue weighted by Crippen LogP contribution is 2.22. The Morgan fingerprint density at radius 2 is 1.95 bits per heavy atom. The van der Waals surface area contributed by atoms with Crippen LogP contribution in [0.25, 0.3) is 0 Å². The fourth-order valence-corrected chi connectivity index (χ4v) is 3.20. The van der Waals surface area contributed by atoms with Crippen molar-refractivity contribution in [2.45, 2.75) is 25.8 Å². The third kappa shape index (κ3) is 2.99. The Morgan fingerprint density at radius 1 is 1.18 bits per heavy atom. The van der Waals surface area contributed by atoms with E-state index in [4.69, 9.17) is 4.74 Å². The van der Waals surface area contributed by atoms with Crippen LogP contribution in [-0.4, -0.2) is 60.5 Å². The van der Waals surface area contributed by atoms with Crippen LogP contribution in [0.2, 0.25) is 0 Å². The molecule has 3 rings (SSSR count). The molecule has 1 aromatic rings. The lowest BCUT2D eigenvalue weighted by atomic mass is 10.1. The summed E-state index contributed by atoms with van der Waals surface area (Å²) < 4.78 is 5.29. The number of hydrogen-bond donors (Lipinski definition) is 0. The molecule has 22 heavy (non-hydrogen) atoms. The summed E-state index contributed by atoms with van der Waals surface area (Å²) in [5, 5.41) is 0. The lowest BCUT2D eigenvalue weighted by molar-refractivity contribution is -0.139. The first-order valence-electron chi connectivity index (χ1n) is 7.91. The van der Waals surface area contributed by atoms with Crippen molar-refractivity contribution in [3.8, 4) is 0 Å². The first-order chi connectivity index (χ1) is 10.7. The predicted molar refractivity (Wildman–Crippen MR) is 82.6 cm³/mol. The highest BCUT2D eigenvalue weighted by molar-refractivity contribution is 5.98. The van der Waals surface area contributed by atoms with E-state index in [1.54, 1.807) is 4.90 Å². The lowest BCUT2D eigenvalue weighted by Gasteiger charge is -2.32. The van der Waals surface area contributed by atoms with E-state index >= 15 is 0 Å². The Bertz CT molecular complexity index is 567. The molecule has 0 bridgehead atoms. The summed E-state index contributed by atoms with van der Waals surface area (Å²) in [5.74, 6) is 0.0367. The molecule has 2 amide bonds. The molecule has 0 unspecified atom stereocenters. The molecule has 2 saturated heterocycles. The minimum absolute atomic E-state index is 0.0344. The lowest BCUT2D eigenvalue weighted by Crippen LogP contribution is -2.51. The minimum Gasteiger partial charge on any atom is -0.378 e. The van der Waals surface area contributed by atoms with Crippen molar-refractivity contribution in [2.75, 3.05) is 32.8 Å². The van der Waals surface area contributed by atoms with E-state index in [0.29, 0.717) is 38.4 Å². The number of rotatable bonds is 2. The van der Waals surface area contributed by atoms with Gasteiger partial charge in [0.1, 0.15) is 6.04 Å². The Morgan fingerprint density at radius 3 is 2.68 bits per heavy atom. The van der Waals surface area contributed by atoms with Crippen LogP contribution in [0.15, 0.2) is 24.3 Å². The van der Waals surface area contributed by atoms with Gasteiger partial charge in [-0.2, -0.15) is 0 Å². The van der Waals surface area contributed by atoms with Gasteiger partial charge in [-0.15, -0.1) is 0 Å². The molecule has 118 valence electrons. The van der Waals surface area contributed by atoms with Gasteiger partial charge < -0.3 is 14.5 Å². The van der Waals surface area contributed by atoms with Crippen LogP contribution in [0.3, 0.4) is 0 Å². The fraction of sp³-hybridized carbons (Fsp3) is 0.529. The number of ether oxygens (including phenoxy) is 1. The van der Waals surface area contributed by atoms with Gasteiger partial charge in [0.05, 0.1) is 13.2 Å². The number of hydrogen-bond acceptors (Lipinski definition) is 3. The summed E-state index contributed by atoms with van der Waals surface area (Å²) in [6.45, 7) is 5.06. The molecule has 2 heterocycles. The van der Waals surface area contributed by atoms with Crippen molar-refractivity contribution in [1.82, 2.24) is 9.80 Å². The van der Waals surface area contributed by atoms with Crippen LogP contribution in [0.5, 0.6) is 0 Å². The maximum atomic E-state index is 12.7. The van der Waals surface area contributed by atoms with E-state index in [1.165, 1.54) is 0 Å². The van der Waals surface area contributed by atoms with Gasteiger partial charge in [0, 0.05) is 25.2 Å². The summed E-state index contributed by atoms with van der Waals surface area (Å²) in [6, 6.07) is 7.25. The first kappa shape index (κ1) is 15.0.